The third kappa shape index (κ3) is 2.28. The second kappa shape index (κ2) is 5.04. The minimum atomic E-state index is -3.61. The van der Waals surface area contributed by atoms with Crippen LogP contribution in [-0.2, 0) is 4.57 Å². The Balaban J connectivity index is 1.66. The van der Waals surface area contributed by atoms with E-state index >= 15 is 0 Å². The molecule has 3 aromatic rings. The predicted octanol–water partition coefficient (Wildman–Crippen LogP) is 5.73. The summed E-state index contributed by atoms with van der Waals surface area (Å²) in [6.07, 6.45) is 0. The van der Waals surface area contributed by atoms with Crippen molar-refractivity contribution in [1.29, 1.82) is 0 Å². The monoisotopic (exact) mass is 352 g/mol. The van der Waals surface area contributed by atoms with Gasteiger partial charge in [-0.15, -0.1) is 0 Å². The van der Waals surface area contributed by atoms with Crippen LogP contribution in [0.4, 0.5) is 0 Å². The molecule has 2 aliphatic heterocycles. The summed E-state index contributed by atoms with van der Waals surface area (Å²) in [7, 11) is -3.61. The second-order valence-corrected chi connectivity index (χ2v) is 7.35. The predicted molar refractivity (Wildman–Crippen MR) is 92.6 cm³/mol. The fourth-order valence-corrected chi connectivity index (χ4v) is 4.19. The molecular formula is C19H13O5P. The molecule has 2 bridgehead atoms. The molecular weight excluding hydrogens is 339 g/mol. The quantitative estimate of drug-likeness (QED) is 0.564. The zero-order valence-electron chi connectivity index (χ0n) is 13.3. The Morgan fingerprint density at radius 2 is 1.52 bits per heavy atom. The average Bonchev–Trinajstić information content (AvgIpc) is 3.14. The van der Waals surface area contributed by atoms with Crippen molar-refractivity contribution in [2.45, 2.75) is 6.92 Å². The SMILES string of the molecule is Cc1ccc(Oc2cc(-c3ccccc3)c3c4c2OP(=O)(O3)O4)cc1. The first kappa shape index (κ1) is 14.4. The van der Waals surface area contributed by atoms with Gasteiger partial charge in [-0.05, 0) is 30.7 Å². The third-order valence-corrected chi connectivity index (χ3v) is 5.32. The molecule has 0 spiro atoms. The fourth-order valence-electron chi connectivity index (χ4n) is 2.89. The Morgan fingerprint density at radius 3 is 2.24 bits per heavy atom. The summed E-state index contributed by atoms with van der Waals surface area (Å²) in [6.45, 7) is 2.01. The second-order valence-electron chi connectivity index (χ2n) is 5.91. The standard InChI is InChI=1S/C19H13O5P/c1-12-7-9-14(10-8-12)21-16-11-15(13-5-3-2-4-6-13)17-19-18(16)23-25(20,22-17)24-19/h2-11H,1H3. The average molecular weight is 352 g/mol. The number of fused-ring (bicyclic) bond motifs is 1. The largest absolute Gasteiger partial charge is 0.647 e. The molecule has 1 atom stereocenters. The van der Waals surface area contributed by atoms with Crippen molar-refractivity contribution < 1.29 is 22.9 Å². The molecule has 2 heterocycles. The maximum atomic E-state index is 12.4. The highest BCUT2D eigenvalue weighted by Gasteiger charge is 2.53. The van der Waals surface area contributed by atoms with Crippen LogP contribution in [0.1, 0.15) is 5.56 Å². The van der Waals surface area contributed by atoms with Crippen LogP contribution in [0.3, 0.4) is 0 Å². The van der Waals surface area contributed by atoms with Crippen LogP contribution in [0.25, 0.3) is 11.1 Å². The Kier molecular flexibility index (Phi) is 2.91. The number of phosphoric ester groups is 1. The van der Waals surface area contributed by atoms with E-state index in [4.69, 9.17) is 18.3 Å². The Labute approximate surface area is 144 Å². The normalized spacial score (nSPS) is 19.1. The number of hydrogen-bond acceptors (Lipinski definition) is 5. The minimum Gasteiger partial charge on any atom is -0.453 e. The number of ether oxygens (including phenoxy) is 1. The van der Waals surface area contributed by atoms with Crippen LogP contribution in [0.15, 0.2) is 60.7 Å². The molecule has 6 heteroatoms. The molecule has 0 saturated carbocycles. The molecule has 0 amide bonds. The van der Waals surface area contributed by atoms with E-state index in [1.54, 1.807) is 0 Å². The zero-order valence-corrected chi connectivity index (χ0v) is 14.2. The molecule has 0 aromatic heterocycles. The summed E-state index contributed by atoms with van der Waals surface area (Å²) in [4.78, 5) is 0. The molecule has 1 unspecified atom stereocenters. The summed E-state index contributed by atoms with van der Waals surface area (Å²) in [5.74, 6) is 2.21. The Morgan fingerprint density at radius 1 is 0.840 bits per heavy atom. The lowest BCUT2D eigenvalue weighted by Crippen LogP contribution is -2.00. The highest BCUT2D eigenvalue weighted by molar-refractivity contribution is 7.50. The van der Waals surface area contributed by atoms with Gasteiger partial charge in [-0.2, -0.15) is 4.57 Å². The summed E-state index contributed by atoms with van der Waals surface area (Å²) < 4.78 is 34.6. The van der Waals surface area contributed by atoms with Crippen LogP contribution in [0.2, 0.25) is 0 Å². The molecule has 0 N–H and O–H groups in total. The molecule has 5 nitrogen and oxygen atoms in total. The molecule has 0 radical (unpaired) electrons. The van der Waals surface area contributed by atoms with Crippen LogP contribution in [-0.4, -0.2) is 0 Å². The fraction of sp³-hybridized carbons (Fsp3) is 0.0526. The van der Waals surface area contributed by atoms with Gasteiger partial charge in [0.2, 0.25) is 11.5 Å². The van der Waals surface area contributed by atoms with E-state index in [2.05, 4.69) is 0 Å². The van der Waals surface area contributed by atoms with E-state index in [9.17, 15) is 4.57 Å². The van der Waals surface area contributed by atoms with Crippen molar-refractivity contribution in [2.75, 3.05) is 0 Å². The molecule has 0 saturated heterocycles. The number of rotatable bonds is 3. The van der Waals surface area contributed by atoms with Crippen LogP contribution in [0, 0.1) is 6.92 Å². The van der Waals surface area contributed by atoms with Crippen molar-refractivity contribution in [3.63, 3.8) is 0 Å². The van der Waals surface area contributed by atoms with Gasteiger partial charge in [0.15, 0.2) is 11.5 Å². The molecule has 2 aliphatic rings. The van der Waals surface area contributed by atoms with E-state index in [1.165, 1.54) is 0 Å². The van der Waals surface area contributed by atoms with Gasteiger partial charge in [-0.1, -0.05) is 48.0 Å². The molecule has 5 rings (SSSR count). The van der Waals surface area contributed by atoms with Gasteiger partial charge in [-0.25, -0.2) is 0 Å². The number of benzene rings is 3. The summed E-state index contributed by atoms with van der Waals surface area (Å²) in [5.41, 5.74) is 2.80. The van der Waals surface area contributed by atoms with Gasteiger partial charge in [0.25, 0.3) is 0 Å². The van der Waals surface area contributed by atoms with Crippen LogP contribution in [0.5, 0.6) is 28.7 Å². The van der Waals surface area contributed by atoms with Crippen molar-refractivity contribution >= 4 is 7.82 Å². The Bertz CT molecular complexity index is 1030. The zero-order chi connectivity index (χ0) is 17.0. The smallest absolute Gasteiger partial charge is 0.453 e. The highest BCUT2D eigenvalue weighted by atomic mass is 31.2. The topological polar surface area (TPSA) is 54.0 Å². The van der Waals surface area contributed by atoms with Gasteiger partial charge in [-0.3, -0.25) is 0 Å². The van der Waals surface area contributed by atoms with Crippen LogP contribution >= 0.6 is 7.82 Å². The van der Waals surface area contributed by atoms with E-state index in [-0.39, 0.29) is 0 Å². The first-order chi connectivity index (χ1) is 12.1. The van der Waals surface area contributed by atoms with Crippen molar-refractivity contribution in [2.24, 2.45) is 0 Å². The van der Waals surface area contributed by atoms with Gasteiger partial charge in [0.05, 0.1) is 0 Å². The lowest BCUT2D eigenvalue weighted by molar-refractivity contribution is 0.347. The summed E-state index contributed by atoms with van der Waals surface area (Å²) in [5, 5.41) is 0. The number of phosphoric acid groups is 1. The minimum absolute atomic E-state index is 0.324. The van der Waals surface area contributed by atoms with E-state index < -0.39 is 7.82 Å². The first-order valence-electron chi connectivity index (χ1n) is 7.81. The van der Waals surface area contributed by atoms with Gasteiger partial charge >= 0.3 is 7.82 Å². The van der Waals surface area contributed by atoms with Gasteiger partial charge in [0, 0.05) is 5.56 Å². The Hall–Kier alpha value is -2.91. The van der Waals surface area contributed by atoms with E-state index in [1.807, 2.05) is 67.6 Å². The summed E-state index contributed by atoms with van der Waals surface area (Å²) in [6, 6.07) is 19.1. The van der Waals surface area contributed by atoms with Crippen molar-refractivity contribution in [1.82, 2.24) is 0 Å². The van der Waals surface area contributed by atoms with Gasteiger partial charge in [0.1, 0.15) is 5.75 Å². The maximum Gasteiger partial charge on any atom is 0.647 e. The molecule has 0 aliphatic carbocycles. The molecule has 3 aromatic carbocycles. The maximum absolute atomic E-state index is 12.4. The first-order valence-corrected chi connectivity index (χ1v) is 9.27. The molecule has 124 valence electrons. The molecule has 0 fully saturated rings. The summed E-state index contributed by atoms with van der Waals surface area (Å²) >= 11 is 0. The third-order valence-electron chi connectivity index (χ3n) is 4.10. The van der Waals surface area contributed by atoms with Gasteiger partial charge < -0.3 is 18.3 Å². The number of aryl methyl sites for hydroxylation is 1. The molecule has 25 heavy (non-hydrogen) atoms. The lowest BCUT2D eigenvalue weighted by Gasteiger charge is -2.17. The van der Waals surface area contributed by atoms with E-state index in [0.29, 0.717) is 28.7 Å². The number of hydrogen-bond donors (Lipinski definition) is 0. The van der Waals surface area contributed by atoms with Crippen LogP contribution < -0.4 is 18.3 Å². The van der Waals surface area contributed by atoms with E-state index in [0.717, 1.165) is 16.7 Å². The van der Waals surface area contributed by atoms with Crippen molar-refractivity contribution in [3.05, 3.63) is 66.2 Å². The lowest BCUT2D eigenvalue weighted by atomic mass is 10.0. The highest BCUT2D eigenvalue weighted by Crippen LogP contribution is 2.73. The van der Waals surface area contributed by atoms with Crippen molar-refractivity contribution in [3.8, 4) is 39.9 Å².